The van der Waals surface area contributed by atoms with Crippen LogP contribution in [0.15, 0.2) is 0 Å². The summed E-state index contributed by atoms with van der Waals surface area (Å²) in [5.74, 6) is -1.14. The molecule has 0 fully saturated rings. The van der Waals surface area contributed by atoms with E-state index in [1.54, 1.807) is 13.8 Å². The summed E-state index contributed by atoms with van der Waals surface area (Å²) < 4.78 is 22.9. The van der Waals surface area contributed by atoms with Crippen molar-refractivity contribution in [3.63, 3.8) is 0 Å². The number of rotatable bonds is 4. The molecule has 0 radical (unpaired) electrons. The zero-order valence-corrected chi connectivity index (χ0v) is 8.13. The lowest BCUT2D eigenvalue weighted by molar-refractivity contribution is -0.137. The first kappa shape index (κ1) is 11.4. The molecule has 0 heterocycles. The molecule has 0 amide bonds. The molecule has 5 nitrogen and oxygen atoms in total. The van der Waals surface area contributed by atoms with Crippen molar-refractivity contribution in [3.05, 3.63) is 0 Å². The van der Waals surface area contributed by atoms with Crippen molar-refractivity contribution in [3.8, 4) is 0 Å². The molecule has 0 rings (SSSR count). The Morgan fingerprint density at radius 3 is 2.00 bits per heavy atom. The number of hydrogen-bond acceptors (Lipinski definition) is 3. The summed E-state index contributed by atoms with van der Waals surface area (Å²) in [6, 6.07) is -0.323. The molecule has 0 atom stereocenters. The summed E-state index contributed by atoms with van der Waals surface area (Å²) in [6.07, 6.45) is 0.996. The monoisotopic (exact) mass is 195 g/mol. The van der Waals surface area contributed by atoms with E-state index in [4.69, 9.17) is 5.11 Å². The maximum atomic E-state index is 11.0. The molecule has 0 aromatic carbocycles. The van der Waals surface area contributed by atoms with Gasteiger partial charge in [-0.25, -0.2) is 8.42 Å². The minimum atomic E-state index is -3.41. The number of sulfonamides is 1. The fraction of sp³-hybridized carbons (Fsp3) is 0.833. The second-order valence-corrected chi connectivity index (χ2v) is 4.73. The number of hydrogen-bond donors (Lipinski definition) is 1. The van der Waals surface area contributed by atoms with Crippen molar-refractivity contribution in [1.82, 2.24) is 4.31 Å². The van der Waals surface area contributed by atoms with Crippen LogP contribution in [0.25, 0.3) is 0 Å². The lowest BCUT2D eigenvalue weighted by Crippen LogP contribution is -2.39. The van der Waals surface area contributed by atoms with Gasteiger partial charge in [0, 0.05) is 6.04 Å². The Balaban J connectivity index is 4.58. The molecule has 1 N–H and O–H groups in total. The van der Waals surface area contributed by atoms with Gasteiger partial charge in [-0.1, -0.05) is 0 Å². The van der Waals surface area contributed by atoms with Crippen molar-refractivity contribution in [2.45, 2.75) is 19.9 Å². The molecule has 0 saturated carbocycles. The van der Waals surface area contributed by atoms with Crippen LogP contribution in [0.2, 0.25) is 0 Å². The fourth-order valence-electron chi connectivity index (χ4n) is 0.816. The maximum absolute atomic E-state index is 11.0. The number of carbonyl (C=O) groups is 1. The summed E-state index contributed by atoms with van der Waals surface area (Å²) in [5.41, 5.74) is 0. The molecule has 0 bridgehead atoms. The van der Waals surface area contributed by atoms with Gasteiger partial charge in [0.1, 0.15) is 6.54 Å². The van der Waals surface area contributed by atoms with E-state index in [-0.39, 0.29) is 6.04 Å². The summed E-state index contributed by atoms with van der Waals surface area (Å²) >= 11 is 0. The third-order valence-electron chi connectivity index (χ3n) is 1.29. The number of nitrogens with zero attached hydrogens (tertiary/aromatic N) is 1. The normalized spacial score (nSPS) is 12.4. The minimum Gasteiger partial charge on any atom is -0.480 e. The van der Waals surface area contributed by atoms with Gasteiger partial charge < -0.3 is 5.11 Å². The molecule has 0 aromatic heterocycles. The fourth-order valence-corrected chi connectivity index (χ4v) is 1.93. The van der Waals surface area contributed by atoms with Crippen LogP contribution in [0, 0.1) is 0 Å². The first-order chi connectivity index (χ1) is 5.25. The SMILES string of the molecule is CC(C)N(CC(=O)O)S(C)(=O)=O. The molecular weight excluding hydrogens is 182 g/mol. The molecule has 0 unspecified atom stereocenters. The van der Waals surface area contributed by atoms with E-state index < -0.39 is 22.5 Å². The van der Waals surface area contributed by atoms with Crippen molar-refractivity contribution in [2.24, 2.45) is 0 Å². The second-order valence-electron chi connectivity index (χ2n) is 2.80. The summed E-state index contributed by atoms with van der Waals surface area (Å²) in [7, 11) is -3.41. The molecule has 0 aliphatic carbocycles. The van der Waals surface area contributed by atoms with Gasteiger partial charge in [-0.2, -0.15) is 4.31 Å². The van der Waals surface area contributed by atoms with E-state index in [2.05, 4.69) is 0 Å². The van der Waals surface area contributed by atoms with Crippen LogP contribution in [0.1, 0.15) is 13.8 Å². The first-order valence-corrected chi connectivity index (χ1v) is 5.28. The van der Waals surface area contributed by atoms with Crippen molar-refractivity contribution in [1.29, 1.82) is 0 Å². The molecule has 72 valence electrons. The molecule has 0 aliphatic heterocycles. The first-order valence-electron chi connectivity index (χ1n) is 3.43. The zero-order valence-electron chi connectivity index (χ0n) is 7.31. The van der Waals surface area contributed by atoms with E-state index in [1.165, 1.54) is 0 Å². The number of carboxylic acid groups (broad SMARTS) is 1. The smallest absolute Gasteiger partial charge is 0.318 e. The quantitative estimate of drug-likeness (QED) is 0.670. The van der Waals surface area contributed by atoms with Gasteiger partial charge in [0.2, 0.25) is 10.0 Å². The summed E-state index contributed by atoms with van der Waals surface area (Å²) in [4.78, 5) is 10.3. The standard InChI is InChI=1S/C6H13NO4S/c1-5(2)7(4-6(8)9)12(3,10)11/h5H,4H2,1-3H3,(H,8,9). The predicted molar refractivity (Wildman–Crippen MR) is 44.3 cm³/mol. The maximum Gasteiger partial charge on any atom is 0.318 e. The van der Waals surface area contributed by atoms with Crippen LogP contribution in [-0.2, 0) is 14.8 Å². The van der Waals surface area contributed by atoms with Gasteiger partial charge in [0.05, 0.1) is 6.26 Å². The minimum absolute atomic E-state index is 0.323. The van der Waals surface area contributed by atoms with Crippen molar-refractivity contribution in [2.75, 3.05) is 12.8 Å². The van der Waals surface area contributed by atoms with E-state index in [0.717, 1.165) is 10.6 Å². The van der Waals surface area contributed by atoms with Crippen LogP contribution in [0.4, 0.5) is 0 Å². The summed E-state index contributed by atoms with van der Waals surface area (Å²) in [5, 5.41) is 8.39. The Hall–Kier alpha value is -0.620. The Labute approximate surface area is 72.0 Å². The molecule has 0 aliphatic rings. The Morgan fingerprint density at radius 1 is 1.50 bits per heavy atom. The Kier molecular flexibility index (Phi) is 3.66. The molecular formula is C6H13NO4S. The zero-order chi connectivity index (χ0) is 9.94. The third-order valence-corrected chi connectivity index (χ3v) is 2.70. The van der Waals surface area contributed by atoms with Crippen molar-refractivity contribution >= 4 is 16.0 Å². The highest BCUT2D eigenvalue weighted by Crippen LogP contribution is 2.03. The van der Waals surface area contributed by atoms with Gasteiger partial charge in [-0.15, -0.1) is 0 Å². The van der Waals surface area contributed by atoms with Crippen LogP contribution >= 0.6 is 0 Å². The van der Waals surface area contributed by atoms with Gasteiger partial charge in [-0.05, 0) is 13.8 Å². The molecule has 0 aromatic rings. The predicted octanol–water partition coefficient (Wildman–Crippen LogP) is -0.259. The highest BCUT2D eigenvalue weighted by Gasteiger charge is 2.22. The van der Waals surface area contributed by atoms with Gasteiger partial charge in [0.25, 0.3) is 0 Å². The van der Waals surface area contributed by atoms with E-state index >= 15 is 0 Å². The van der Waals surface area contributed by atoms with E-state index in [0.29, 0.717) is 0 Å². The van der Waals surface area contributed by atoms with Crippen LogP contribution in [0.5, 0.6) is 0 Å². The highest BCUT2D eigenvalue weighted by atomic mass is 32.2. The van der Waals surface area contributed by atoms with Gasteiger partial charge in [-0.3, -0.25) is 4.79 Å². The van der Waals surface area contributed by atoms with E-state index in [1.807, 2.05) is 0 Å². The number of carboxylic acids is 1. The Morgan fingerprint density at radius 2 is 1.92 bits per heavy atom. The van der Waals surface area contributed by atoms with Crippen LogP contribution < -0.4 is 0 Å². The second kappa shape index (κ2) is 3.86. The van der Waals surface area contributed by atoms with Crippen LogP contribution in [-0.4, -0.2) is 42.6 Å². The average molecular weight is 195 g/mol. The van der Waals surface area contributed by atoms with Crippen molar-refractivity contribution < 1.29 is 18.3 Å². The molecule has 0 saturated heterocycles. The van der Waals surface area contributed by atoms with Gasteiger partial charge in [0.15, 0.2) is 0 Å². The average Bonchev–Trinajstić information content (AvgIpc) is 1.79. The Bertz CT molecular complexity index is 257. The lowest BCUT2D eigenvalue weighted by atomic mass is 10.4. The largest absolute Gasteiger partial charge is 0.480 e. The number of aliphatic carboxylic acids is 1. The van der Waals surface area contributed by atoms with Gasteiger partial charge >= 0.3 is 5.97 Å². The van der Waals surface area contributed by atoms with Crippen LogP contribution in [0.3, 0.4) is 0 Å². The molecule has 0 spiro atoms. The summed E-state index contributed by atoms with van der Waals surface area (Å²) in [6.45, 7) is 2.78. The third kappa shape index (κ3) is 3.68. The molecule has 12 heavy (non-hydrogen) atoms. The lowest BCUT2D eigenvalue weighted by Gasteiger charge is -2.21. The van der Waals surface area contributed by atoms with E-state index in [9.17, 15) is 13.2 Å². The highest BCUT2D eigenvalue weighted by molar-refractivity contribution is 7.88. The molecule has 6 heteroatoms. The topological polar surface area (TPSA) is 74.7 Å².